The van der Waals surface area contributed by atoms with E-state index in [1.165, 1.54) is 24.1 Å². The monoisotopic (exact) mass is 200 g/mol. The van der Waals surface area contributed by atoms with Gasteiger partial charge in [-0.3, -0.25) is 4.90 Å². The van der Waals surface area contributed by atoms with Crippen molar-refractivity contribution in [3.8, 4) is 0 Å². The Morgan fingerprint density at radius 2 is 2.07 bits per heavy atom. The van der Waals surface area contributed by atoms with Gasteiger partial charge in [-0.2, -0.15) is 0 Å². The van der Waals surface area contributed by atoms with E-state index >= 15 is 0 Å². The molecule has 1 aliphatic rings. The number of hydrogen-bond acceptors (Lipinski definition) is 1. The lowest BCUT2D eigenvalue weighted by molar-refractivity contribution is 0.325. The molecule has 0 saturated heterocycles. The van der Waals surface area contributed by atoms with E-state index in [0.717, 1.165) is 13.1 Å². The second kappa shape index (κ2) is 5.13. The third-order valence-corrected chi connectivity index (χ3v) is 2.88. The van der Waals surface area contributed by atoms with Crippen molar-refractivity contribution in [2.45, 2.75) is 13.3 Å². The van der Waals surface area contributed by atoms with Gasteiger partial charge >= 0.3 is 0 Å². The summed E-state index contributed by atoms with van der Waals surface area (Å²) in [6, 6.07) is 10.7. The van der Waals surface area contributed by atoms with E-state index in [2.05, 4.69) is 54.7 Å². The van der Waals surface area contributed by atoms with Crippen LogP contribution in [0.2, 0.25) is 0 Å². The van der Waals surface area contributed by atoms with Gasteiger partial charge in [0.1, 0.15) is 0 Å². The minimum absolute atomic E-state index is 1.09. The van der Waals surface area contributed by atoms with E-state index in [0.29, 0.717) is 0 Å². The van der Waals surface area contributed by atoms with Crippen molar-refractivity contribution in [3.05, 3.63) is 48.4 Å². The lowest BCUT2D eigenvalue weighted by Gasteiger charge is -2.25. The summed E-state index contributed by atoms with van der Waals surface area (Å²) >= 11 is 0. The highest BCUT2D eigenvalue weighted by Crippen LogP contribution is 2.21. The third-order valence-electron chi connectivity index (χ3n) is 2.88. The van der Waals surface area contributed by atoms with Crippen LogP contribution in [0.5, 0.6) is 0 Å². The standard InChI is InChI=1S/C14H18N/c1-2-10-15-11-8-14(9-12-15)13-6-4-3-5-7-13/h2-8H,9-12H2,1H3. The van der Waals surface area contributed by atoms with Crippen molar-refractivity contribution in [1.82, 2.24) is 4.90 Å². The average molecular weight is 200 g/mol. The van der Waals surface area contributed by atoms with Crippen molar-refractivity contribution in [3.63, 3.8) is 0 Å². The van der Waals surface area contributed by atoms with Crippen LogP contribution in [-0.4, -0.2) is 24.5 Å². The lowest BCUT2D eigenvalue weighted by Crippen LogP contribution is -2.29. The Kier molecular flexibility index (Phi) is 3.57. The first kappa shape index (κ1) is 10.4. The van der Waals surface area contributed by atoms with Crippen LogP contribution >= 0.6 is 0 Å². The van der Waals surface area contributed by atoms with Crippen LogP contribution in [-0.2, 0) is 0 Å². The topological polar surface area (TPSA) is 3.24 Å². The molecule has 1 heteroatoms. The van der Waals surface area contributed by atoms with Gasteiger partial charge in [0.05, 0.1) is 0 Å². The molecule has 0 spiro atoms. The summed E-state index contributed by atoms with van der Waals surface area (Å²) in [5.41, 5.74) is 2.89. The fourth-order valence-corrected chi connectivity index (χ4v) is 2.05. The molecule has 0 unspecified atom stereocenters. The molecule has 0 bridgehead atoms. The highest BCUT2D eigenvalue weighted by molar-refractivity contribution is 5.66. The molecule has 79 valence electrons. The summed E-state index contributed by atoms with van der Waals surface area (Å²) in [5.74, 6) is 0. The summed E-state index contributed by atoms with van der Waals surface area (Å²) in [5, 5.41) is 0. The first-order valence-corrected chi connectivity index (χ1v) is 5.65. The quantitative estimate of drug-likeness (QED) is 0.725. The number of rotatable bonds is 3. The molecule has 0 N–H and O–H groups in total. The molecule has 0 fully saturated rings. The van der Waals surface area contributed by atoms with Gasteiger partial charge in [0.25, 0.3) is 0 Å². The maximum absolute atomic E-state index is 2.46. The highest BCUT2D eigenvalue weighted by atomic mass is 15.1. The van der Waals surface area contributed by atoms with Gasteiger partial charge in [-0.05, 0) is 24.0 Å². The fraction of sp³-hybridized carbons (Fsp3) is 0.357. The summed E-state index contributed by atoms with van der Waals surface area (Å²) in [4.78, 5) is 2.46. The number of hydrogen-bond donors (Lipinski definition) is 0. The van der Waals surface area contributed by atoms with Gasteiger partial charge in [0.2, 0.25) is 0 Å². The average Bonchev–Trinajstić information content (AvgIpc) is 2.32. The lowest BCUT2D eigenvalue weighted by atomic mass is 9.99. The molecule has 1 nitrogen and oxygen atoms in total. The van der Waals surface area contributed by atoms with Crippen LogP contribution in [0.15, 0.2) is 36.4 Å². The molecule has 1 radical (unpaired) electrons. The summed E-state index contributed by atoms with van der Waals surface area (Å²) < 4.78 is 0. The Hall–Kier alpha value is -1.08. The summed E-state index contributed by atoms with van der Waals surface area (Å²) in [6.07, 6.45) is 5.77. The Morgan fingerprint density at radius 1 is 1.27 bits per heavy atom. The first-order chi connectivity index (χ1) is 7.40. The summed E-state index contributed by atoms with van der Waals surface area (Å²) in [6.45, 7) is 5.51. The molecule has 1 aromatic carbocycles. The van der Waals surface area contributed by atoms with Crippen molar-refractivity contribution in [2.75, 3.05) is 19.6 Å². The molecular weight excluding hydrogens is 182 g/mol. The zero-order chi connectivity index (χ0) is 10.5. The van der Waals surface area contributed by atoms with Crippen LogP contribution in [0.25, 0.3) is 5.57 Å². The number of nitrogens with zero attached hydrogens (tertiary/aromatic N) is 1. The van der Waals surface area contributed by atoms with E-state index in [1.807, 2.05) is 0 Å². The highest BCUT2D eigenvalue weighted by Gasteiger charge is 2.11. The zero-order valence-electron chi connectivity index (χ0n) is 9.32. The molecule has 2 rings (SSSR count). The van der Waals surface area contributed by atoms with Gasteiger partial charge in [-0.1, -0.05) is 43.3 Å². The van der Waals surface area contributed by atoms with Crippen molar-refractivity contribution in [1.29, 1.82) is 0 Å². The SMILES string of the molecule is C[CH]CN1CC=C(c2ccccc2)CC1. The molecule has 1 aliphatic heterocycles. The van der Waals surface area contributed by atoms with Gasteiger partial charge < -0.3 is 0 Å². The molecule has 0 atom stereocenters. The predicted octanol–water partition coefficient (Wildman–Crippen LogP) is 3.00. The largest absolute Gasteiger partial charge is 0.299 e. The molecule has 15 heavy (non-hydrogen) atoms. The van der Waals surface area contributed by atoms with Gasteiger partial charge in [0.15, 0.2) is 0 Å². The normalized spacial score (nSPS) is 17.5. The van der Waals surface area contributed by atoms with Gasteiger partial charge in [-0.15, -0.1) is 0 Å². The number of benzene rings is 1. The van der Waals surface area contributed by atoms with Crippen LogP contribution in [0.3, 0.4) is 0 Å². The first-order valence-electron chi connectivity index (χ1n) is 5.65. The van der Waals surface area contributed by atoms with Crippen LogP contribution in [0.1, 0.15) is 18.9 Å². The fourth-order valence-electron chi connectivity index (χ4n) is 2.05. The van der Waals surface area contributed by atoms with Crippen molar-refractivity contribution < 1.29 is 0 Å². The Balaban J connectivity index is 2.02. The minimum Gasteiger partial charge on any atom is -0.299 e. The smallest absolute Gasteiger partial charge is 0.0169 e. The molecule has 1 aromatic rings. The Labute approximate surface area is 92.4 Å². The Morgan fingerprint density at radius 3 is 2.67 bits per heavy atom. The molecule has 0 amide bonds. The van der Waals surface area contributed by atoms with E-state index in [1.54, 1.807) is 0 Å². The minimum atomic E-state index is 1.09. The van der Waals surface area contributed by atoms with Crippen molar-refractivity contribution in [2.24, 2.45) is 0 Å². The van der Waals surface area contributed by atoms with E-state index in [4.69, 9.17) is 0 Å². The van der Waals surface area contributed by atoms with Crippen LogP contribution < -0.4 is 0 Å². The van der Waals surface area contributed by atoms with Gasteiger partial charge in [-0.25, -0.2) is 0 Å². The van der Waals surface area contributed by atoms with Crippen LogP contribution in [0, 0.1) is 6.42 Å². The second-order valence-electron chi connectivity index (χ2n) is 4.01. The molecule has 0 aliphatic carbocycles. The van der Waals surface area contributed by atoms with E-state index in [9.17, 15) is 0 Å². The molecule has 1 heterocycles. The Bertz CT molecular complexity index is 326. The molecule has 0 aromatic heterocycles. The maximum atomic E-state index is 2.46. The maximum Gasteiger partial charge on any atom is 0.0169 e. The predicted molar refractivity (Wildman–Crippen MR) is 65.5 cm³/mol. The van der Waals surface area contributed by atoms with E-state index < -0.39 is 0 Å². The second-order valence-corrected chi connectivity index (χ2v) is 4.01. The molecular formula is C14H18N. The van der Waals surface area contributed by atoms with Crippen molar-refractivity contribution >= 4 is 5.57 Å². The van der Waals surface area contributed by atoms with Gasteiger partial charge in [0, 0.05) is 19.6 Å². The summed E-state index contributed by atoms with van der Waals surface area (Å²) in [7, 11) is 0. The van der Waals surface area contributed by atoms with E-state index in [-0.39, 0.29) is 0 Å². The third kappa shape index (κ3) is 2.69. The zero-order valence-corrected chi connectivity index (χ0v) is 9.32. The molecule has 0 saturated carbocycles. The van der Waals surface area contributed by atoms with Crippen LogP contribution in [0.4, 0.5) is 0 Å².